The molecule has 0 unspecified atom stereocenters. The summed E-state index contributed by atoms with van der Waals surface area (Å²) in [5.74, 6) is -0.650. The Bertz CT molecular complexity index is 947. The van der Waals surface area contributed by atoms with E-state index in [9.17, 15) is 14.4 Å². The van der Waals surface area contributed by atoms with Gasteiger partial charge < -0.3 is 15.5 Å². The first-order valence-electron chi connectivity index (χ1n) is 9.12. The zero-order chi connectivity index (χ0) is 21.9. The number of nitrogens with one attached hydrogen (secondary N) is 2. The van der Waals surface area contributed by atoms with Gasteiger partial charge in [0.1, 0.15) is 0 Å². The Labute approximate surface area is 183 Å². The molecule has 0 aliphatic carbocycles. The normalized spacial score (nSPS) is 11.1. The van der Waals surface area contributed by atoms with E-state index in [1.165, 1.54) is 16.2 Å². The Morgan fingerprint density at radius 1 is 1.07 bits per heavy atom. The number of thiophene rings is 1. The molecule has 0 saturated carbocycles. The third-order valence-corrected chi connectivity index (χ3v) is 5.85. The number of halogens is 1. The monoisotopic (exact) mass is 479 g/mol. The highest BCUT2D eigenvalue weighted by atomic mass is 79.9. The third kappa shape index (κ3) is 6.14. The molecule has 0 aliphatic rings. The predicted molar refractivity (Wildman–Crippen MR) is 122 cm³/mol. The van der Waals surface area contributed by atoms with Crippen LogP contribution in [0.3, 0.4) is 0 Å². The van der Waals surface area contributed by atoms with Gasteiger partial charge in [0.15, 0.2) is 0 Å². The SMILES string of the molecule is Cc1cc(Br)ccc1NC(=O)CN(C)C(=O)c1sc(NC(=O)C(C)(C)C)cc1C. The van der Waals surface area contributed by atoms with Gasteiger partial charge in [-0.15, -0.1) is 11.3 Å². The van der Waals surface area contributed by atoms with E-state index < -0.39 is 5.41 Å². The van der Waals surface area contributed by atoms with Crippen molar-refractivity contribution >= 4 is 55.7 Å². The van der Waals surface area contributed by atoms with Gasteiger partial charge in [0, 0.05) is 22.6 Å². The van der Waals surface area contributed by atoms with Crippen LogP contribution in [0.25, 0.3) is 0 Å². The molecule has 29 heavy (non-hydrogen) atoms. The standard InChI is InChI=1S/C21H26BrN3O3S/c1-12-9-14(22)7-8-15(12)23-16(26)11-25(6)19(27)18-13(2)10-17(29-18)24-20(28)21(3,4)5/h7-10H,11H2,1-6H3,(H,23,26)(H,24,28). The Morgan fingerprint density at radius 3 is 2.31 bits per heavy atom. The maximum absolute atomic E-state index is 12.8. The van der Waals surface area contributed by atoms with E-state index in [4.69, 9.17) is 0 Å². The highest BCUT2D eigenvalue weighted by molar-refractivity contribution is 9.10. The fraction of sp³-hybridized carbons (Fsp3) is 0.381. The van der Waals surface area contributed by atoms with Gasteiger partial charge in [0.2, 0.25) is 11.8 Å². The van der Waals surface area contributed by atoms with E-state index in [1.54, 1.807) is 13.1 Å². The van der Waals surface area contributed by atoms with Gasteiger partial charge in [-0.05, 0) is 49.2 Å². The number of aryl methyl sites for hydroxylation is 2. The summed E-state index contributed by atoms with van der Waals surface area (Å²) in [6.45, 7) is 9.12. The van der Waals surface area contributed by atoms with Gasteiger partial charge in [-0.1, -0.05) is 36.7 Å². The molecule has 0 aliphatic heterocycles. The van der Waals surface area contributed by atoms with Gasteiger partial charge in [-0.2, -0.15) is 0 Å². The quantitative estimate of drug-likeness (QED) is 0.644. The van der Waals surface area contributed by atoms with E-state index in [0.29, 0.717) is 15.6 Å². The summed E-state index contributed by atoms with van der Waals surface area (Å²) in [5.41, 5.74) is 1.87. The van der Waals surface area contributed by atoms with Gasteiger partial charge in [0.05, 0.1) is 16.4 Å². The number of carbonyl (C=O) groups is 3. The molecule has 156 valence electrons. The molecule has 0 spiro atoms. The summed E-state index contributed by atoms with van der Waals surface area (Å²) in [6, 6.07) is 7.35. The Hall–Kier alpha value is -2.19. The molecule has 0 bridgehead atoms. The average molecular weight is 480 g/mol. The topological polar surface area (TPSA) is 78.5 Å². The zero-order valence-electron chi connectivity index (χ0n) is 17.5. The van der Waals surface area contributed by atoms with Crippen LogP contribution in [-0.4, -0.2) is 36.2 Å². The fourth-order valence-corrected chi connectivity index (χ4v) is 4.01. The van der Waals surface area contributed by atoms with Crippen molar-refractivity contribution in [2.45, 2.75) is 34.6 Å². The number of anilines is 2. The maximum Gasteiger partial charge on any atom is 0.264 e. The Balaban J connectivity index is 2.04. The van der Waals surface area contributed by atoms with Crippen molar-refractivity contribution in [3.05, 3.63) is 44.7 Å². The maximum atomic E-state index is 12.8. The summed E-state index contributed by atoms with van der Waals surface area (Å²) in [6.07, 6.45) is 0. The van der Waals surface area contributed by atoms with Crippen LogP contribution < -0.4 is 10.6 Å². The van der Waals surface area contributed by atoms with Crippen molar-refractivity contribution in [2.24, 2.45) is 5.41 Å². The van der Waals surface area contributed by atoms with Crippen LogP contribution >= 0.6 is 27.3 Å². The number of amides is 3. The second-order valence-corrected chi connectivity index (χ2v) is 9.96. The summed E-state index contributed by atoms with van der Waals surface area (Å²) in [4.78, 5) is 39.2. The van der Waals surface area contributed by atoms with Crippen molar-refractivity contribution in [3.8, 4) is 0 Å². The number of carbonyl (C=O) groups excluding carboxylic acids is 3. The van der Waals surface area contributed by atoms with Crippen LogP contribution in [0.15, 0.2) is 28.7 Å². The smallest absolute Gasteiger partial charge is 0.264 e. The second-order valence-electron chi connectivity index (χ2n) is 8.00. The van der Waals surface area contributed by atoms with Crippen LogP contribution in [0.2, 0.25) is 0 Å². The predicted octanol–water partition coefficient (Wildman–Crippen LogP) is 4.82. The molecule has 3 amide bonds. The zero-order valence-corrected chi connectivity index (χ0v) is 19.9. The van der Waals surface area contributed by atoms with Crippen molar-refractivity contribution in [2.75, 3.05) is 24.2 Å². The van der Waals surface area contributed by atoms with E-state index >= 15 is 0 Å². The highest BCUT2D eigenvalue weighted by Gasteiger charge is 2.24. The van der Waals surface area contributed by atoms with Crippen molar-refractivity contribution in [1.82, 2.24) is 4.90 Å². The number of hydrogen-bond donors (Lipinski definition) is 2. The Kier molecular flexibility index (Phi) is 7.24. The lowest BCUT2D eigenvalue weighted by Crippen LogP contribution is -2.34. The summed E-state index contributed by atoms with van der Waals surface area (Å²) < 4.78 is 0.933. The van der Waals surface area contributed by atoms with Crippen LogP contribution in [0, 0.1) is 19.3 Å². The average Bonchev–Trinajstić information content (AvgIpc) is 2.96. The van der Waals surface area contributed by atoms with Gasteiger partial charge in [-0.25, -0.2) is 0 Å². The summed E-state index contributed by atoms with van der Waals surface area (Å²) in [7, 11) is 1.59. The first kappa shape index (κ1) is 23.1. The minimum atomic E-state index is -0.526. The Morgan fingerprint density at radius 2 is 1.72 bits per heavy atom. The fourth-order valence-electron chi connectivity index (χ4n) is 2.47. The first-order valence-corrected chi connectivity index (χ1v) is 10.7. The largest absolute Gasteiger partial charge is 0.332 e. The molecule has 6 nitrogen and oxygen atoms in total. The molecule has 2 rings (SSSR count). The number of likely N-dealkylation sites (N-methyl/N-ethyl adjacent to an activating group) is 1. The second kappa shape index (κ2) is 9.09. The molecule has 0 saturated heterocycles. The van der Waals surface area contributed by atoms with E-state index in [0.717, 1.165) is 15.6 Å². The molecule has 1 aromatic carbocycles. The van der Waals surface area contributed by atoms with E-state index in [1.807, 2.05) is 52.8 Å². The van der Waals surface area contributed by atoms with Gasteiger partial charge in [0.25, 0.3) is 5.91 Å². The van der Waals surface area contributed by atoms with E-state index in [2.05, 4.69) is 26.6 Å². The molecule has 0 radical (unpaired) electrons. The minimum absolute atomic E-state index is 0.0740. The van der Waals surface area contributed by atoms with Crippen LogP contribution in [0.4, 0.5) is 10.7 Å². The lowest BCUT2D eigenvalue weighted by atomic mass is 9.96. The molecule has 0 atom stereocenters. The molecule has 1 aromatic heterocycles. The minimum Gasteiger partial charge on any atom is -0.332 e. The van der Waals surface area contributed by atoms with Crippen molar-refractivity contribution in [3.63, 3.8) is 0 Å². The van der Waals surface area contributed by atoms with Crippen molar-refractivity contribution < 1.29 is 14.4 Å². The summed E-state index contributed by atoms with van der Waals surface area (Å²) in [5, 5.41) is 6.30. The number of benzene rings is 1. The molecule has 1 heterocycles. The highest BCUT2D eigenvalue weighted by Crippen LogP contribution is 2.29. The number of nitrogens with zero attached hydrogens (tertiary/aromatic N) is 1. The molecule has 8 heteroatoms. The van der Waals surface area contributed by atoms with E-state index in [-0.39, 0.29) is 24.3 Å². The first-order chi connectivity index (χ1) is 13.4. The van der Waals surface area contributed by atoms with Crippen molar-refractivity contribution in [1.29, 1.82) is 0 Å². The van der Waals surface area contributed by atoms with Gasteiger partial charge in [-0.3, -0.25) is 14.4 Å². The molecular formula is C21H26BrN3O3S. The lowest BCUT2D eigenvalue weighted by molar-refractivity contribution is -0.123. The molecule has 2 aromatic rings. The number of hydrogen-bond acceptors (Lipinski definition) is 4. The van der Waals surface area contributed by atoms with Crippen LogP contribution in [0.5, 0.6) is 0 Å². The molecule has 0 fully saturated rings. The van der Waals surface area contributed by atoms with Crippen LogP contribution in [-0.2, 0) is 9.59 Å². The third-order valence-electron chi connectivity index (χ3n) is 4.22. The lowest BCUT2D eigenvalue weighted by Gasteiger charge is -2.17. The molecular weight excluding hydrogens is 454 g/mol. The number of rotatable bonds is 5. The van der Waals surface area contributed by atoms with Crippen LogP contribution in [0.1, 0.15) is 41.6 Å². The summed E-state index contributed by atoms with van der Waals surface area (Å²) >= 11 is 4.61. The molecule has 2 N–H and O–H groups in total. The van der Waals surface area contributed by atoms with Gasteiger partial charge >= 0.3 is 0 Å².